The largest absolute Gasteiger partial charge is 0.481 e. The Hall–Kier alpha value is -2.51. The zero-order valence-corrected chi connectivity index (χ0v) is 18.8. The number of aliphatic carboxylic acids is 1. The predicted molar refractivity (Wildman–Crippen MR) is 118 cm³/mol. The Morgan fingerprint density at radius 1 is 1.16 bits per heavy atom. The number of rotatable bonds is 9. The fourth-order valence-corrected chi connectivity index (χ4v) is 4.62. The second-order valence-corrected chi connectivity index (χ2v) is 9.78. The molecule has 0 aromatic heterocycles. The molecule has 2 aromatic carbocycles. The summed E-state index contributed by atoms with van der Waals surface area (Å²) in [5, 5.41) is 9.58. The minimum Gasteiger partial charge on any atom is -0.481 e. The molecule has 8 nitrogen and oxygen atoms in total. The lowest BCUT2D eigenvalue weighted by molar-refractivity contribution is -0.147. The summed E-state index contributed by atoms with van der Waals surface area (Å²) < 4.78 is 16.8. The SMILES string of the molecule is Cc1cccc(C(CC(=O)O)N(Cc2ccc(CP(=O)(O)O)cc2)C(=O)C2CCCO2)c1. The van der Waals surface area contributed by atoms with Crippen LogP contribution in [-0.2, 0) is 31.6 Å². The van der Waals surface area contributed by atoms with Crippen molar-refractivity contribution >= 4 is 19.5 Å². The van der Waals surface area contributed by atoms with Crippen molar-refractivity contribution in [1.82, 2.24) is 4.90 Å². The first-order valence-corrected chi connectivity index (χ1v) is 12.2. The second-order valence-electron chi connectivity index (χ2n) is 8.13. The highest BCUT2D eigenvalue weighted by Crippen LogP contribution is 2.39. The van der Waals surface area contributed by atoms with Crippen LogP contribution in [0.25, 0.3) is 0 Å². The molecule has 1 fully saturated rings. The number of ether oxygens (including phenoxy) is 1. The fourth-order valence-electron chi connectivity index (χ4n) is 3.93. The van der Waals surface area contributed by atoms with Gasteiger partial charge >= 0.3 is 13.6 Å². The minimum atomic E-state index is -4.18. The van der Waals surface area contributed by atoms with Gasteiger partial charge in [-0.25, -0.2) is 0 Å². The van der Waals surface area contributed by atoms with Crippen LogP contribution in [0.1, 0.15) is 47.6 Å². The van der Waals surface area contributed by atoms with E-state index in [9.17, 15) is 29.0 Å². The van der Waals surface area contributed by atoms with E-state index in [0.717, 1.165) is 23.1 Å². The number of nitrogens with zero attached hydrogens (tertiary/aromatic N) is 1. The minimum absolute atomic E-state index is 0.154. The third-order valence-electron chi connectivity index (χ3n) is 5.42. The van der Waals surface area contributed by atoms with Crippen LogP contribution in [0.15, 0.2) is 48.5 Å². The van der Waals surface area contributed by atoms with E-state index in [1.54, 1.807) is 29.2 Å². The number of benzene rings is 2. The van der Waals surface area contributed by atoms with Gasteiger partial charge in [-0.1, -0.05) is 54.1 Å². The Morgan fingerprint density at radius 3 is 2.41 bits per heavy atom. The molecule has 0 bridgehead atoms. The van der Waals surface area contributed by atoms with Crippen LogP contribution < -0.4 is 0 Å². The summed E-state index contributed by atoms with van der Waals surface area (Å²) in [6.07, 6.45) is 0.138. The van der Waals surface area contributed by atoms with Gasteiger partial charge in [0.15, 0.2) is 0 Å². The molecule has 2 atom stereocenters. The molecule has 2 unspecified atom stereocenters. The van der Waals surface area contributed by atoms with Gasteiger partial charge in [-0.2, -0.15) is 0 Å². The number of carboxylic acids is 1. The molecule has 2 aromatic rings. The van der Waals surface area contributed by atoms with E-state index in [2.05, 4.69) is 0 Å². The topological polar surface area (TPSA) is 124 Å². The molecule has 0 aliphatic carbocycles. The standard InChI is InChI=1S/C23H28NO7P/c1-16-4-2-5-19(12-16)20(13-22(25)26)24(23(27)21-6-3-11-31-21)14-17-7-9-18(10-8-17)15-32(28,29)30/h2,4-5,7-10,12,20-21H,3,6,11,13-15H2,1H3,(H,25,26)(H2,28,29,30). The molecule has 1 aliphatic rings. The van der Waals surface area contributed by atoms with Gasteiger partial charge in [-0.05, 0) is 36.5 Å². The van der Waals surface area contributed by atoms with E-state index in [1.807, 2.05) is 31.2 Å². The van der Waals surface area contributed by atoms with Crippen LogP contribution in [-0.4, -0.2) is 44.4 Å². The van der Waals surface area contributed by atoms with Gasteiger partial charge in [0.25, 0.3) is 5.91 Å². The first-order valence-electron chi connectivity index (χ1n) is 10.5. The van der Waals surface area contributed by atoms with Gasteiger partial charge in [0.2, 0.25) is 0 Å². The normalized spacial score (nSPS) is 17.2. The van der Waals surface area contributed by atoms with Crippen molar-refractivity contribution in [2.24, 2.45) is 0 Å². The Kier molecular flexibility index (Phi) is 7.85. The van der Waals surface area contributed by atoms with Crippen molar-refractivity contribution in [3.63, 3.8) is 0 Å². The smallest absolute Gasteiger partial charge is 0.329 e. The van der Waals surface area contributed by atoms with Gasteiger partial charge in [0, 0.05) is 13.2 Å². The third-order valence-corrected chi connectivity index (χ3v) is 6.20. The molecule has 0 spiro atoms. The van der Waals surface area contributed by atoms with Crippen LogP contribution in [0.3, 0.4) is 0 Å². The van der Waals surface area contributed by atoms with Gasteiger partial charge in [-0.3, -0.25) is 14.2 Å². The van der Waals surface area contributed by atoms with E-state index in [-0.39, 0.29) is 25.0 Å². The highest BCUT2D eigenvalue weighted by molar-refractivity contribution is 7.50. The lowest BCUT2D eigenvalue weighted by atomic mass is 9.98. The zero-order chi connectivity index (χ0) is 23.3. The third kappa shape index (κ3) is 6.74. The fraction of sp³-hybridized carbons (Fsp3) is 0.391. The number of aryl methyl sites for hydroxylation is 1. The molecule has 9 heteroatoms. The number of carboxylic acid groups (broad SMARTS) is 1. The molecular weight excluding hydrogens is 433 g/mol. The molecule has 1 aliphatic heterocycles. The summed E-state index contributed by atoms with van der Waals surface area (Å²) in [5.41, 5.74) is 2.91. The monoisotopic (exact) mass is 461 g/mol. The summed E-state index contributed by atoms with van der Waals surface area (Å²) in [5.74, 6) is -1.27. The van der Waals surface area contributed by atoms with E-state index in [1.165, 1.54) is 0 Å². The molecule has 1 saturated heterocycles. The summed E-state index contributed by atoms with van der Waals surface area (Å²) in [6, 6.07) is 13.4. The van der Waals surface area contributed by atoms with E-state index in [4.69, 9.17) is 4.74 Å². The van der Waals surface area contributed by atoms with Crippen LogP contribution in [0.2, 0.25) is 0 Å². The summed E-state index contributed by atoms with van der Waals surface area (Å²) in [6.45, 7) is 2.56. The Labute approximate surface area is 187 Å². The number of hydrogen-bond donors (Lipinski definition) is 3. The van der Waals surface area contributed by atoms with Gasteiger partial charge in [-0.15, -0.1) is 0 Å². The van der Waals surface area contributed by atoms with Crippen molar-refractivity contribution < 1.29 is 33.8 Å². The number of carbonyl (C=O) groups excluding carboxylic acids is 1. The van der Waals surface area contributed by atoms with E-state index >= 15 is 0 Å². The zero-order valence-electron chi connectivity index (χ0n) is 17.9. The second kappa shape index (κ2) is 10.4. The maximum atomic E-state index is 13.4. The lowest BCUT2D eigenvalue weighted by Gasteiger charge is -2.33. The van der Waals surface area contributed by atoms with Crippen molar-refractivity contribution in [2.75, 3.05) is 6.61 Å². The highest BCUT2D eigenvalue weighted by atomic mass is 31.2. The molecule has 1 heterocycles. The highest BCUT2D eigenvalue weighted by Gasteiger charge is 2.34. The average molecular weight is 461 g/mol. The first-order chi connectivity index (χ1) is 15.1. The molecule has 3 N–H and O–H groups in total. The van der Waals surface area contributed by atoms with Crippen LogP contribution in [0, 0.1) is 6.92 Å². The molecule has 172 valence electrons. The molecule has 1 amide bonds. The first kappa shape index (κ1) is 24.1. The maximum Gasteiger partial charge on any atom is 0.329 e. The molecule has 32 heavy (non-hydrogen) atoms. The Morgan fingerprint density at radius 2 is 1.84 bits per heavy atom. The van der Waals surface area contributed by atoms with Gasteiger partial charge in [0.05, 0.1) is 18.6 Å². The van der Waals surface area contributed by atoms with E-state index < -0.39 is 25.7 Å². The summed E-state index contributed by atoms with van der Waals surface area (Å²) >= 11 is 0. The summed E-state index contributed by atoms with van der Waals surface area (Å²) in [4.78, 5) is 45.0. The number of amides is 1. The Bertz CT molecular complexity index is 996. The maximum absolute atomic E-state index is 13.4. The molecule has 0 saturated carbocycles. The van der Waals surface area contributed by atoms with Gasteiger partial charge in [0.1, 0.15) is 6.10 Å². The lowest BCUT2D eigenvalue weighted by Crippen LogP contribution is -2.41. The molecular formula is C23H28NO7P. The Balaban J connectivity index is 1.93. The van der Waals surface area contributed by atoms with Gasteiger partial charge < -0.3 is 24.5 Å². The predicted octanol–water partition coefficient (Wildman–Crippen LogP) is 3.40. The average Bonchev–Trinajstić information content (AvgIpc) is 3.25. The number of carbonyl (C=O) groups is 2. The van der Waals surface area contributed by atoms with Crippen molar-refractivity contribution in [3.05, 3.63) is 70.8 Å². The quantitative estimate of drug-likeness (QED) is 0.489. The molecule has 3 rings (SSSR count). The summed E-state index contributed by atoms with van der Waals surface area (Å²) in [7, 11) is -4.18. The van der Waals surface area contributed by atoms with E-state index in [0.29, 0.717) is 18.6 Å². The van der Waals surface area contributed by atoms with Crippen molar-refractivity contribution in [1.29, 1.82) is 0 Å². The van der Waals surface area contributed by atoms with Crippen LogP contribution in [0.4, 0.5) is 0 Å². The van der Waals surface area contributed by atoms with Crippen molar-refractivity contribution in [2.45, 2.75) is 51.0 Å². The van der Waals surface area contributed by atoms with Crippen LogP contribution in [0.5, 0.6) is 0 Å². The number of hydrogen-bond acceptors (Lipinski definition) is 4. The van der Waals surface area contributed by atoms with Crippen LogP contribution >= 0.6 is 7.60 Å². The molecule has 0 radical (unpaired) electrons. The van der Waals surface area contributed by atoms with Crippen molar-refractivity contribution in [3.8, 4) is 0 Å².